The van der Waals surface area contributed by atoms with E-state index < -0.39 is 0 Å². The summed E-state index contributed by atoms with van der Waals surface area (Å²) in [6, 6.07) is 0. The molecule has 0 aromatic heterocycles. The van der Waals surface area contributed by atoms with Crippen LogP contribution in [0.4, 0.5) is 0 Å². The van der Waals surface area contributed by atoms with Gasteiger partial charge in [0.1, 0.15) is 6.11 Å². The molecule has 0 amide bonds. The van der Waals surface area contributed by atoms with Crippen molar-refractivity contribution in [1.82, 2.24) is 0 Å². The highest BCUT2D eigenvalue weighted by molar-refractivity contribution is 4.88. The SMILES string of the molecule is [CH2]CCCC#CO. The highest BCUT2D eigenvalue weighted by Crippen LogP contribution is 1.88. The maximum absolute atomic E-state index is 7.91. The molecule has 0 fully saturated rings. The molecular formula is C6H9O. The van der Waals surface area contributed by atoms with Gasteiger partial charge in [0.25, 0.3) is 0 Å². The Bertz CT molecular complexity index is 75.9. The van der Waals surface area contributed by atoms with Crippen LogP contribution < -0.4 is 0 Å². The van der Waals surface area contributed by atoms with Crippen molar-refractivity contribution < 1.29 is 5.11 Å². The van der Waals surface area contributed by atoms with E-state index in [0.717, 1.165) is 19.3 Å². The molecular weight excluding hydrogens is 88.1 g/mol. The van der Waals surface area contributed by atoms with Gasteiger partial charge in [0.2, 0.25) is 0 Å². The second-order valence-corrected chi connectivity index (χ2v) is 1.25. The molecule has 1 heteroatoms. The Morgan fingerprint density at radius 3 is 2.71 bits per heavy atom. The van der Waals surface area contributed by atoms with Crippen LogP contribution in [-0.2, 0) is 0 Å². The van der Waals surface area contributed by atoms with Crippen molar-refractivity contribution in [2.45, 2.75) is 19.3 Å². The van der Waals surface area contributed by atoms with E-state index in [1.165, 1.54) is 0 Å². The summed E-state index contributed by atoms with van der Waals surface area (Å²) in [6.45, 7) is 3.61. The fourth-order valence-electron chi connectivity index (χ4n) is 0.269. The van der Waals surface area contributed by atoms with Gasteiger partial charge >= 0.3 is 0 Å². The molecule has 1 nitrogen and oxygen atoms in total. The van der Waals surface area contributed by atoms with Gasteiger partial charge in [-0.15, -0.1) is 0 Å². The van der Waals surface area contributed by atoms with Gasteiger partial charge in [-0.2, -0.15) is 0 Å². The minimum Gasteiger partial charge on any atom is -0.462 e. The molecule has 0 aliphatic rings. The summed E-state index contributed by atoms with van der Waals surface area (Å²) in [7, 11) is 0. The topological polar surface area (TPSA) is 20.2 Å². The molecule has 0 bridgehead atoms. The smallest absolute Gasteiger partial charge is 0.107 e. The van der Waals surface area contributed by atoms with Gasteiger partial charge in [-0.1, -0.05) is 19.3 Å². The van der Waals surface area contributed by atoms with E-state index in [2.05, 4.69) is 12.8 Å². The molecule has 0 saturated carbocycles. The molecule has 0 heterocycles. The molecule has 39 valence electrons. The minimum absolute atomic E-state index is 0.764. The van der Waals surface area contributed by atoms with Crippen LogP contribution in [0, 0.1) is 19.0 Å². The summed E-state index contributed by atoms with van der Waals surface area (Å²) in [5, 5.41) is 7.91. The fourth-order valence-corrected chi connectivity index (χ4v) is 0.269. The Hall–Kier alpha value is -0.640. The molecule has 0 aromatic rings. The van der Waals surface area contributed by atoms with Crippen molar-refractivity contribution in [2.75, 3.05) is 0 Å². The normalized spacial score (nSPS) is 7.00. The van der Waals surface area contributed by atoms with Crippen LogP contribution in [0.25, 0.3) is 0 Å². The molecule has 0 unspecified atom stereocenters. The summed E-state index contributed by atoms with van der Waals surface area (Å²) in [5.74, 6) is 2.51. The summed E-state index contributed by atoms with van der Waals surface area (Å²) in [5.41, 5.74) is 0. The average molecular weight is 97.1 g/mol. The summed E-state index contributed by atoms with van der Waals surface area (Å²) >= 11 is 0. The maximum atomic E-state index is 7.91. The first-order valence-corrected chi connectivity index (χ1v) is 2.33. The van der Waals surface area contributed by atoms with Crippen molar-refractivity contribution in [3.63, 3.8) is 0 Å². The highest BCUT2D eigenvalue weighted by atomic mass is 16.2. The first-order valence-electron chi connectivity index (χ1n) is 2.33. The molecule has 0 aliphatic carbocycles. The van der Waals surface area contributed by atoms with Crippen molar-refractivity contribution >= 4 is 0 Å². The number of hydrogen-bond acceptors (Lipinski definition) is 1. The number of hydrogen-bond donors (Lipinski definition) is 1. The molecule has 1 N–H and O–H groups in total. The Labute approximate surface area is 44.4 Å². The lowest BCUT2D eigenvalue weighted by molar-refractivity contribution is 0.516. The van der Waals surface area contributed by atoms with Crippen molar-refractivity contribution in [3.8, 4) is 12.0 Å². The molecule has 0 spiro atoms. The van der Waals surface area contributed by atoms with Crippen LogP contribution in [0.3, 0.4) is 0 Å². The quantitative estimate of drug-likeness (QED) is 0.407. The van der Waals surface area contributed by atoms with Crippen LogP contribution in [0.5, 0.6) is 0 Å². The zero-order valence-electron chi connectivity index (χ0n) is 4.28. The second-order valence-electron chi connectivity index (χ2n) is 1.25. The molecule has 0 rings (SSSR count). The highest BCUT2D eigenvalue weighted by Gasteiger charge is 1.73. The first-order chi connectivity index (χ1) is 3.41. The predicted octanol–water partition coefficient (Wildman–Crippen LogP) is 1.32. The van der Waals surface area contributed by atoms with Crippen molar-refractivity contribution in [1.29, 1.82) is 0 Å². The minimum atomic E-state index is 0.764. The van der Waals surface area contributed by atoms with E-state index in [1.54, 1.807) is 0 Å². The average Bonchev–Trinajstić information content (AvgIpc) is 1.69. The molecule has 0 aliphatic heterocycles. The van der Waals surface area contributed by atoms with E-state index in [9.17, 15) is 0 Å². The standard InChI is InChI=1S/C6H9O/c1-2-3-4-5-6-7/h7H,1-4H2. The third kappa shape index (κ3) is 5.36. The fraction of sp³-hybridized carbons (Fsp3) is 0.500. The Kier molecular flexibility index (Phi) is 4.87. The van der Waals surface area contributed by atoms with Crippen molar-refractivity contribution in [3.05, 3.63) is 6.92 Å². The van der Waals surface area contributed by atoms with Crippen molar-refractivity contribution in [2.24, 2.45) is 0 Å². The first kappa shape index (κ1) is 6.36. The van der Waals surface area contributed by atoms with Gasteiger partial charge in [-0.3, -0.25) is 0 Å². The summed E-state index contributed by atoms with van der Waals surface area (Å²) < 4.78 is 0. The van der Waals surface area contributed by atoms with E-state index in [4.69, 9.17) is 5.11 Å². The van der Waals surface area contributed by atoms with Gasteiger partial charge in [0.05, 0.1) is 0 Å². The van der Waals surface area contributed by atoms with Crippen LogP contribution in [0.15, 0.2) is 0 Å². The predicted molar refractivity (Wildman–Crippen MR) is 28.9 cm³/mol. The monoisotopic (exact) mass is 97.1 g/mol. The van der Waals surface area contributed by atoms with Crippen LogP contribution in [0.2, 0.25) is 0 Å². The third-order valence-corrected chi connectivity index (χ3v) is 0.631. The number of aliphatic hydroxyl groups is 1. The summed E-state index contributed by atoms with van der Waals surface area (Å²) in [4.78, 5) is 0. The zero-order chi connectivity index (χ0) is 5.54. The van der Waals surface area contributed by atoms with E-state index in [0.29, 0.717) is 0 Å². The van der Waals surface area contributed by atoms with Gasteiger partial charge in [0, 0.05) is 6.42 Å². The van der Waals surface area contributed by atoms with Gasteiger partial charge < -0.3 is 5.11 Å². The van der Waals surface area contributed by atoms with Crippen LogP contribution in [0.1, 0.15) is 19.3 Å². The van der Waals surface area contributed by atoms with Gasteiger partial charge in [0.15, 0.2) is 0 Å². The Balaban J connectivity index is 2.78. The maximum Gasteiger partial charge on any atom is 0.107 e. The molecule has 0 aromatic carbocycles. The van der Waals surface area contributed by atoms with Crippen LogP contribution >= 0.6 is 0 Å². The zero-order valence-corrected chi connectivity index (χ0v) is 4.28. The van der Waals surface area contributed by atoms with Crippen LogP contribution in [-0.4, -0.2) is 5.11 Å². The number of rotatable bonds is 2. The third-order valence-electron chi connectivity index (χ3n) is 0.631. The van der Waals surface area contributed by atoms with E-state index in [1.807, 2.05) is 6.11 Å². The molecule has 7 heavy (non-hydrogen) atoms. The van der Waals surface area contributed by atoms with Gasteiger partial charge in [-0.05, 0) is 6.42 Å². The lowest BCUT2D eigenvalue weighted by Crippen LogP contribution is -1.65. The molecule has 0 atom stereocenters. The number of aliphatic hydroxyl groups excluding tert-OH is 1. The Morgan fingerprint density at radius 2 is 2.29 bits per heavy atom. The Morgan fingerprint density at radius 1 is 1.57 bits per heavy atom. The number of unbranched alkanes of at least 4 members (excludes halogenated alkanes) is 2. The molecule has 0 saturated heterocycles. The van der Waals surface area contributed by atoms with Gasteiger partial charge in [-0.25, -0.2) is 0 Å². The second kappa shape index (κ2) is 5.36. The van der Waals surface area contributed by atoms with E-state index >= 15 is 0 Å². The lowest BCUT2D eigenvalue weighted by Gasteiger charge is -1.79. The largest absolute Gasteiger partial charge is 0.462 e. The molecule has 1 radical (unpaired) electrons. The lowest BCUT2D eigenvalue weighted by atomic mass is 10.3. The summed E-state index contributed by atoms with van der Waals surface area (Å²) in [6.07, 6.45) is 4.47. The van der Waals surface area contributed by atoms with E-state index in [-0.39, 0.29) is 0 Å².